The Kier molecular flexibility index (Phi) is 5.46. The molecule has 3 rings (SSSR count). The third kappa shape index (κ3) is 3.75. The van der Waals surface area contributed by atoms with E-state index in [0.717, 1.165) is 22.4 Å². The Morgan fingerprint density at radius 2 is 1.96 bits per heavy atom. The molecule has 1 heterocycles. The van der Waals surface area contributed by atoms with Crippen LogP contribution in [-0.2, 0) is 11.3 Å². The largest absolute Gasteiger partial charge is 0.494 e. The number of aliphatic hydroxyl groups excluding tert-OH is 1. The molecule has 0 fully saturated rings. The van der Waals surface area contributed by atoms with Gasteiger partial charge in [-0.05, 0) is 35.4 Å². The Morgan fingerprint density at radius 1 is 1.17 bits per heavy atom. The van der Waals surface area contributed by atoms with Crippen molar-refractivity contribution in [3.8, 4) is 5.75 Å². The van der Waals surface area contributed by atoms with E-state index in [-0.39, 0.29) is 12.7 Å². The maximum absolute atomic E-state index is 8.77. The lowest BCUT2D eigenvalue weighted by atomic mass is 10.0. The molecule has 1 aliphatic rings. The van der Waals surface area contributed by atoms with E-state index < -0.39 is 0 Å². The minimum absolute atomic E-state index is 0.0831. The zero-order chi connectivity index (χ0) is 16.8. The summed E-state index contributed by atoms with van der Waals surface area (Å²) in [4.78, 5) is 4.52. The molecular weight excluding hydrogens is 304 g/mol. The number of hydrogen-bond acceptors (Lipinski definition) is 5. The van der Waals surface area contributed by atoms with Crippen molar-refractivity contribution in [2.45, 2.75) is 19.1 Å². The summed E-state index contributed by atoms with van der Waals surface area (Å²) < 4.78 is 11.6. The predicted molar refractivity (Wildman–Crippen MR) is 93.2 cm³/mol. The Morgan fingerprint density at radius 3 is 2.71 bits per heavy atom. The molecule has 2 aromatic carbocycles. The first-order valence-corrected chi connectivity index (χ1v) is 8.15. The highest BCUT2D eigenvalue weighted by molar-refractivity contribution is 5.95. The standard InChI is InChI=1S/C19H22N2O3/c20-12-15-4-1-2-5-17(15)18-13-21-19(24-18)14-6-8-16(9-7-14)23-11-3-10-22/h1-2,4-9,18,22H,3,10-13,20H2. The van der Waals surface area contributed by atoms with E-state index in [2.05, 4.69) is 4.99 Å². The third-order valence-corrected chi connectivity index (χ3v) is 3.95. The number of hydrogen-bond donors (Lipinski definition) is 2. The fourth-order valence-electron chi connectivity index (χ4n) is 2.68. The van der Waals surface area contributed by atoms with Gasteiger partial charge in [0.05, 0.1) is 13.2 Å². The zero-order valence-corrected chi connectivity index (χ0v) is 13.5. The first-order chi connectivity index (χ1) is 11.8. The Bertz CT molecular complexity index is 698. The van der Waals surface area contributed by atoms with Gasteiger partial charge >= 0.3 is 0 Å². The zero-order valence-electron chi connectivity index (χ0n) is 13.5. The normalized spacial score (nSPS) is 16.6. The molecule has 0 amide bonds. The maximum atomic E-state index is 8.77. The predicted octanol–water partition coefficient (Wildman–Crippen LogP) is 2.42. The van der Waals surface area contributed by atoms with Gasteiger partial charge in [-0.15, -0.1) is 0 Å². The van der Waals surface area contributed by atoms with Crippen LogP contribution in [0.25, 0.3) is 0 Å². The van der Waals surface area contributed by atoms with E-state index in [9.17, 15) is 0 Å². The molecular formula is C19H22N2O3. The summed E-state index contributed by atoms with van der Waals surface area (Å²) in [6.45, 7) is 1.73. The molecule has 1 atom stereocenters. The van der Waals surface area contributed by atoms with Crippen LogP contribution in [0.15, 0.2) is 53.5 Å². The lowest BCUT2D eigenvalue weighted by molar-refractivity contribution is 0.229. The van der Waals surface area contributed by atoms with E-state index in [1.54, 1.807) is 0 Å². The van der Waals surface area contributed by atoms with Crippen molar-refractivity contribution in [3.05, 3.63) is 65.2 Å². The van der Waals surface area contributed by atoms with Gasteiger partial charge in [0.25, 0.3) is 0 Å². The molecule has 3 N–H and O–H groups in total. The first-order valence-electron chi connectivity index (χ1n) is 8.15. The number of nitrogens with two attached hydrogens (primary N) is 1. The van der Waals surface area contributed by atoms with E-state index in [0.29, 0.717) is 32.0 Å². The van der Waals surface area contributed by atoms with Crippen molar-refractivity contribution in [1.29, 1.82) is 0 Å². The van der Waals surface area contributed by atoms with E-state index in [4.69, 9.17) is 20.3 Å². The molecule has 2 aromatic rings. The summed E-state index contributed by atoms with van der Waals surface area (Å²) in [5, 5.41) is 8.77. The van der Waals surface area contributed by atoms with Gasteiger partial charge in [0.15, 0.2) is 0 Å². The molecule has 0 saturated carbocycles. The SMILES string of the molecule is NCc1ccccc1C1CN=C(c2ccc(OCCCO)cc2)O1. The Balaban J connectivity index is 1.65. The molecule has 1 unspecified atom stereocenters. The molecule has 24 heavy (non-hydrogen) atoms. The molecule has 0 aromatic heterocycles. The molecule has 5 nitrogen and oxygen atoms in total. The van der Waals surface area contributed by atoms with Crippen molar-refractivity contribution in [2.75, 3.05) is 19.8 Å². The van der Waals surface area contributed by atoms with Gasteiger partial charge in [-0.25, -0.2) is 4.99 Å². The van der Waals surface area contributed by atoms with Crippen LogP contribution in [-0.4, -0.2) is 30.8 Å². The minimum atomic E-state index is -0.0831. The van der Waals surface area contributed by atoms with Crippen molar-refractivity contribution in [1.82, 2.24) is 0 Å². The highest BCUT2D eigenvalue weighted by Gasteiger charge is 2.24. The van der Waals surface area contributed by atoms with Crippen molar-refractivity contribution < 1.29 is 14.6 Å². The number of ether oxygens (including phenoxy) is 2. The highest BCUT2D eigenvalue weighted by Crippen LogP contribution is 2.28. The third-order valence-electron chi connectivity index (χ3n) is 3.95. The highest BCUT2D eigenvalue weighted by atomic mass is 16.5. The van der Waals surface area contributed by atoms with Crippen LogP contribution < -0.4 is 10.5 Å². The lowest BCUT2D eigenvalue weighted by Crippen LogP contribution is -2.10. The average Bonchev–Trinajstić information content (AvgIpc) is 3.12. The molecule has 126 valence electrons. The van der Waals surface area contributed by atoms with Crippen molar-refractivity contribution in [3.63, 3.8) is 0 Å². The number of aliphatic imine (C=N–C) groups is 1. The monoisotopic (exact) mass is 326 g/mol. The summed E-state index contributed by atoms with van der Waals surface area (Å²) in [7, 11) is 0. The second kappa shape index (κ2) is 7.95. The number of aliphatic hydroxyl groups is 1. The van der Waals surface area contributed by atoms with E-state index in [1.807, 2.05) is 48.5 Å². The van der Waals surface area contributed by atoms with Gasteiger partial charge in [0.1, 0.15) is 11.9 Å². The van der Waals surface area contributed by atoms with Crippen molar-refractivity contribution >= 4 is 5.90 Å². The second-order valence-corrected chi connectivity index (χ2v) is 5.61. The maximum Gasteiger partial charge on any atom is 0.216 e. The average molecular weight is 326 g/mol. The van der Waals surface area contributed by atoms with Crippen LogP contribution in [0.5, 0.6) is 5.75 Å². The van der Waals surface area contributed by atoms with Crippen LogP contribution >= 0.6 is 0 Å². The van der Waals surface area contributed by atoms with Crippen LogP contribution in [0, 0.1) is 0 Å². The summed E-state index contributed by atoms with van der Waals surface area (Å²) in [6, 6.07) is 15.7. The fraction of sp³-hybridized carbons (Fsp3) is 0.316. The first kappa shape index (κ1) is 16.5. The van der Waals surface area contributed by atoms with Crippen molar-refractivity contribution in [2.24, 2.45) is 10.7 Å². The molecule has 0 aliphatic carbocycles. The van der Waals surface area contributed by atoms with E-state index in [1.165, 1.54) is 0 Å². The van der Waals surface area contributed by atoms with Crippen LogP contribution in [0.4, 0.5) is 0 Å². The van der Waals surface area contributed by atoms with Gasteiger partial charge in [0, 0.05) is 25.1 Å². The summed E-state index contributed by atoms with van der Waals surface area (Å²) >= 11 is 0. The molecule has 5 heteroatoms. The van der Waals surface area contributed by atoms with Crippen LogP contribution in [0.1, 0.15) is 29.2 Å². The summed E-state index contributed by atoms with van der Waals surface area (Å²) in [5.41, 5.74) is 8.93. The van der Waals surface area contributed by atoms with Gasteiger partial charge in [0.2, 0.25) is 5.90 Å². The summed E-state index contributed by atoms with van der Waals surface area (Å²) in [5.74, 6) is 1.42. The smallest absolute Gasteiger partial charge is 0.216 e. The molecule has 0 spiro atoms. The molecule has 0 saturated heterocycles. The quantitative estimate of drug-likeness (QED) is 0.766. The van der Waals surface area contributed by atoms with Gasteiger partial charge < -0.3 is 20.3 Å². The van der Waals surface area contributed by atoms with Gasteiger partial charge in [-0.2, -0.15) is 0 Å². The number of benzene rings is 2. The Labute approximate surface area is 141 Å². The number of rotatable bonds is 7. The van der Waals surface area contributed by atoms with E-state index >= 15 is 0 Å². The second-order valence-electron chi connectivity index (χ2n) is 5.61. The molecule has 1 aliphatic heterocycles. The van der Waals surface area contributed by atoms with Gasteiger partial charge in [-0.3, -0.25) is 0 Å². The summed E-state index contributed by atoms with van der Waals surface area (Å²) in [6.07, 6.45) is 0.542. The molecule has 0 radical (unpaired) electrons. The topological polar surface area (TPSA) is 77.1 Å². The van der Waals surface area contributed by atoms with Crippen LogP contribution in [0.2, 0.25) is 0 Å². The minimum Gasteiger partial charge on any atom is -0.494 e. The van der Waals surface area contributed by atoms with Gasteiger partial charge in [-0.1, -0.05) is 24.3 Å². The Hall–Kier alpha value is -2.37. The fourth-order valence-corrected chi connectivity index (χ4v) is 2.68. The number of nitrogens with zero attached hydrogens (tertiary/aromatic N) is 1. The van der Waals surface area contributed by atoms with Crippen LogP contribution in [0.3, 0.4) is 0 Å². The molecule has 0 bridgehead atoms. The lowest BCUT2D eigenvalue weighted by Gasteiger charge is -2.15.